The van der Waals surface area contributed by atoms with E-state index in [1.54, 1.807) is 55.3 Å². The van der Waals surface area contributed by atoms with Crippen LogP contribution in [0.2, 0.25) is 0 Å². The molecule has 0 aromatic carbocycles. The molecule has 0 spiro atoms. The standard InChI is InChI=1S/C54H86O17/c1-14-27(2)51(57)68-42-22-37-36(54(58)20-18-35(28(3)55)53(42,54)9)16-15-33-21-34(17-19-52(33,37)8)67-43-24-39(60-11)48(30(5)64-43)70-45-26-41(62-13)50(32(7)66-45)71-46-25-40(61-12)49(31(6)65-46)69-44-23-38(59-10)47(56)29(4)63-44/h14-15,29-32,34-50,56,58H,16-26H2,1-13H3/b27-14+/t29-,30-,31-,32-,34+,35-,36-,37+,38-,39+,40+,41+,42-,43+,44+,45+,46+,47-,48-,49-,50-,52+,53+,54+/m1/s1. The predicted molar refractivity (Wildman–Crippen MR) is 257 cm³/mol. The Morgan fingerprint density at radius 1 is 0.662 bits per heavy atom. The molecule has 0 bridgehead atoms. The summed E-state index contributed by atoms with van der Waals surface area (Å²) < 4.78 is 81.8. The zero-order chi connectivity index (χ0) is 51.3. The first-order valence-electron chi connectivity index (χ1n) is 26.5. The Hall–Kier alpha value is -1.94. The van der Waals surface area contributed by atoms with Crippen LogP contribution in [0.3, 0.4) is 0 Å². The monoisotopic (exact) mass is 1010 g/mol. The van der Waals surface area contributed by atoms with E-state index in [9.17, 15) is 19.8 Å². The SMILES string of the molecule is C/C=C(\C)C(=O)O[C@@H]1C[C@H]2[C@@H](CC=C3C[C@@H](O[C@H]4C[C@H](OC)[C@H](O[C@H]5C[C@H](OC)[C@H](O[C@H]6C[C@H](OC)[C@H](O[C@H]7C[C@@H](OC)[C@H](O)[C@@H](C)O7)[C@@H](C)O6)[C@@H](C)O5)[C@@H](C)O4)CC[C@@]32C)[C@@]2(O)CC[C@H](C(C)=O)[C@@]12C. The average Bonchev–Trinajstić information content (AvgIpc) is 3.63. The molecule has 17 nitrogen and oxygen atoms in total. The number of carbonyl (C=O) groups is 2. The highest BCUT2D eigenvalue weighted by molar-refractivity contribution is 5.88. The van der Waals surface area contributed by atoms with Crippen LogP contribution in [-0.4, -0.2) is 167 Å². The molecule has 0 aromatic heterocycles. The smallest absolute Gasteiger partial charge is 0.333 e. The molecule has 4 aliphatic carbocycles. The molecule has 0 radical (unpaired) electrons. The number of Topliss-reactive ketones (excluding diaryl/α,β-unsaturated/α-hetero) is 1. The van der Waals surface area contributed by atoms with Crippen molar-refractivity contribution in [2.75, 3.05) is 28.4 Å². The lowest BCUT2D eigenvalue weighted by atomic mass is 9.45. The van der Waals surface area contributed by atoms with Crippen LogP contribution >= 0.6 is 0 Å². The summed E-state index contributed by atoms with van der Waals surface area (Å²) in [5, 5.41) is 23.3. The van der Waals surface area contributed by atoms with Crippen molar-refractivity contribution in [3.8, 4) is 0 Å². The van der Waals surface area contributed by atoms with Gasteiger partial charge >= 0.3 is 5.97 Å². The molecular weight excluding hydrogens is 921 g/mol. The molecule has 0 aromatic rings. The van der Waals surface area contributed by atoms with Gasteiger partial charge in [-0.1, -0.05) is 31.6 Å². The quantitative estimate of drug-likeness (QED) is 0.106. The Balaban J connectivity index is 0.855. The van der Waals surface area contributed by atoms with Crippen LogP contribution in [0.15, 0.2) is 23.3 Å². The number of aliphatic hydroxyl groups is 2. The van der Waals surface area contributed by atoms with E-state index in [0.29, 0.717) is 56.9 Å². The van der Waals surface area contributed by atoms with Gasteiger partial charge in [-0.3, -0.25) is 4.79 Å². The lowest BCUT2D eigenvalue weighted by Gasteiger charge is -2.63. The third-order valence-electron chi connectivity index (χ3n) is 18.8. The topological polar surface area (TPSA) is 195 Å². The minimum absolute atomic E-state index is 0.0422. The van der Waals surface area contributed by atoms with Gasteiger partial charge in [-0.2, -0.15) is 0 Å². The summed E-state index contributed by atoms with van der Waals surface area (Å²) in [6, 6.07) is 0. The summed E-state index contributed by atoms with van der Waals surface area (Å²) >= 11 is 0. The maximum Gasteiger partial charge on any atom is 0.333 e. The molecule has 0 unspecified atom stereocenters. The molecule has 7 fully saturated rings. The summed E-state index contributed by atoms with van der Waals surface area (Å²) in [5.74, 6) is -0.718. The van der Waals surface area contributed by atoms with Crippen LogP contribution in [0.1, 0.15) is 133 Å². The summed E-state index contributed by atoms with van der Waals surface area (Å²) in [7, 11) is 6.56. The second-order valence-corrected chi connectivity index (χ2v) is 22.5. The van der Waals surface area contributed by atoms with Crippen LogP contribution in [0.25, 0.3) is 0 Å². The average molecular weight is 1010 g/mol. The van der Waals surface area contributed by atoms with Gasteiger partial charge in [-0.05, 0) is 111 Å². The van der Waals surface area contributed by atoms with Gasteiger partial charge in [0.2, 0.25) is 0 Å². The van der Waals surface area contributed by atoms with Gasteiger partial charge in [0.25, 0.3) is 0 Å². The lowest BCUT2D eigenvalue weighted by molar-refractivity contribution is -0.347. The van der Waals surface area contributed by atoms with E-state index in [1.165, 1.54) is 5.57 Å². The molecule has 24 atom stereocenters. The first-order valence-corrected chi connectivity index (χ1v) is 26.5. The highest BCUT2D eigenvalue weighted by Crippen LogP contribution is 2.68. The van der Waals surface area contributed by atoms with Gasteiger partial charge in [0.1, 0.15) is 36.3 Å². The van der Waals surface area contributed by atoms with Crippen molar-refractivity contribution in [3.63, 3.8) is 0 Å². The molecule has 0 amide bonds. The Kier molecular flexibility index (Phi) is 17.4. The number of hydrogen-bond acceptors (Lipinski definition) is 17. The number of methoxy groups -OCH3 is 4. The number of rotatable bonds is 15. The maximum atomic E-state index is 13.4. The molecule has 4 saturated heterocycles. The first kappa shape index (κ1) is 55.3. The van der Waals surface area contributed by atoms with E-state index in [1.807, 2.05) is 34.6 Å². The number of allylic oxidation sites excluding steroid dienone is 2. The Morgan fingerprint density at radius 3 is 1.62 bits per heavy atom. The van der Waals surface area contributed by atoms with Gasteiger partial charge in [-0.15, -0.1) is 0 Å². The third kappa shape index (κ3) is 10.5. The number of ether oxygens (including phenoxy) is 13. The molecule has 404 valence electrons. The largest absolute Gasteiger partial charge is 0.458 e. The van der Waals surface area contributed by atoms with Gasteiger partial charge in [-0.25, -0.2) is 4.79 Å². The Morgan fingerprint density at radius 2 is 1.14 bits per heavy atom. The van der Waals surface area contributed by atoms with Crippen LogP contribution in [0.5, 0.6) is 0 Å². The van der Waals surface area contributed by atoms with Crippen molar-refractivity contribution in [2.24, 2.45) is 28.6 Å². The fourth-order valence-electron chi connectivity index (χ4n) is 14.4. The van der Waals surface area contributed by atoms with E-state index in [0.717, 1.165) is 19.3 Å². The summed E-state index contributed by atoms with van der Waals surface area (Å²) in [6.07, 6.45) is 2.27. The molecule has 71 heavy (non-hydrogen) atoms. The maximum absolute atomic E-state index is 13.4. The molecule has 17 heteroatoms. The van der Waals surface area contributed by atoms with Gasteiger partial charge in [0.05, 0.1) is 60.5 Å². The van der Waals surface area contributed by atoms with E-state index < -0.39 is 91.1 Å². The number of aliphatic hydroxyl groups excluding tert-OH is 1. The number of carbonyl (C=O) groups excluding carboxylic acids is 2. The van der Waals surface area contributed by atoms with E-state index >= 15 is 0 Å². The lowest BCUT2D eigenvalue weighted by Crippen LogP contribution is -2.66. The molecule has 4 heterocycles. The summed E-state index contributed by atoms with van der Waals surface area (Å²) in [5.41, 5.74) is -0.429. The Bertz CT molecular complexity index is 1910. The number of fused-ring (bicyclic) bond motifs is 5. The van der Waals surface area contributed by atoms with Crippen molar-refractivity contribution >= 4 is 11.8 Å². The van der Waals surface area contributed by atoms with Crippen molar-refractivity contribution in [1.82, 2.24) is 0 Å². The van der Waals surface area contributed by atoms with Crippen molar-refractivity contribution in [2.45, 2.75) is 249 Å². The zero-order valence-electron chi connectivity index (χ0n) is 44.6. The number of ketones is 1. The summed E-state index contributed by atoms with van der Waals surface area (Å²) in [4.78, 5) is 26.5. The second-order valence-electron chi connectivity index (χ2n) is 22.5. The fraction of sp³-hybridized carbons (Fsp3) is 0.889. The zero-order valence-corrected chi connectivity index (χ0v) is 44.6. The number of hydrogen-bond donors (Lipinski definition) is 2. The minimum atomic E-state index is -1.15. The molecular formula is C54H86O17. The normalized spacial score (nSPS) is 49.3. The van der Waals surface area contributed by atoms with E-state index in [-0.39, 0.29) is 65.4 Å². The van der Waals surface area contributed by atoms with Crippen molar-refractivity contribution in [3.05, 3.63) is 23.3 Å². The van der Waals surface area contributed by atoms with Crippen molar-refractivity contribution in [1.29, 1.82) is 0 Å². The number of esters is 1. The van der Waals surface area contributed by atoms with E-state index in [2.05, 4.69) is 13.0 Å². The van der Waals surface area contributed by atoms with Gasteiger partial charge in [0.15, 0.2) is 25.2 Å². The highest BCUT2D eigenvalue weighted by Gasteiger charge is 2.71. The first-order chi connectivity index (χ1) is 33.7. The minimum Gasteiger partial charge on any atom is -0.458 e. The van der Waals surface area contributed by atoms with Crippen LogP contribution in [0, 0.1) is 28.6 Å². The van der Waals surface area contributed by atoms with Crippen LogP contribution in [-0.2, 0) is 71.2 Å². The molecule has 8 rings (SSSR count). The molecule has 2 N–H and O–H groups in total. The van der Waals surface area contributed by atoms with E-state index in [4.69, 9.17) is 61.6 Å². The van der Waals surface area contributed by atoms with Crippen LogP contribution < -0.4 is 0 Å². The van der Waals surface area contributed by atoms with Crippen molar-refractivity contribution < 1.29 is 81.4 Å². The molecule has 4 aliphatic heterocycles. The highest BCUT2D eigenvalue weighted by atomic mass is 16.8. The second kappa shape index (κ2) is 22.3. The Labute approximate surface area is 421 Å². The van der Waals surface area contributed by atoms with Crippen LogP contribution in [0.4, 0.5) is 0 Å². The molecule has 3 saturated carbocycles. The van der Waals surface area contributed by atoms with Gasteiger partial charge in [0, 0.05) is 71.0 Å². The predicted octanol–water partition coefficient (Wildman–Crippen LogP) is 6.26. The fourth-order valence-corrected chi connectivity index (χ4v) is 14.4. The van der Waals surface area contributed by atoms with Gasteiger partial charge < -0.3 is 71.8 Å². The summed E-state index contributed by atoms with van der Waals surface area (Å²) in [6.45, 7) is 17.1. The third-order valence-corrected chi connectivity index (χ3v) is 18.8. The molecule has 8 aliphatic rings.